The summed E-state index contributed by atoms with van der Waals surface area (Å²) in [6.07, 6.45) is 4.70. The van der Waals surface area contributed by atoms with Gasteiger partial charge in [-0.25, -0.2) is 0 Å². The molecule has 1 saturated carbocycles. The number of halogens is 2. The van der Waals surface area contributed by atoms with Crippen molar-refractivity contribution in [2.75, 3.05) is 0 Å². The quantitative estimate of drug-likeness (QED) is 0.637. The Morgan fingerprint density at radius 1 is 1.20 bits per heavy atom. The molecule has 0 radical (unpaired) electrons. The predicted molar refractivity (Wildman–Crippen MR) is 86.9 cm³/mol. The molecule has 0 heterocycles. The molecule has 4 unspecified atom stereocenters. The molecule has 1 aromatic carbocycles. The van der Waals surface area contributed by atoms with Crippen molar-refractivity contribution in [1.82, 2.24) is 5.43 Å². The molecule has 0 bridgehead atoms. The van der Waals surface area contributed by atoms with Crippen LogP contribution in [-0.2, 0) is 6.42 Å². The molecule has 0 aromatic heterocycles. The number of benzene rings is 1. The van der Waals surface area contributed by atoms with Gasteiger partial charge in [0.2, 0.25) is 0 Å². The minimum Gasteiger partial charge on any atom is -0.271 e. The third kappa shape index (κ3) is 3.88. The van der Waals surface area contributed by atoms with E-state index < -0.39 is 0 Å². The second kappa shape index (κ2) is 7.13. The van der Waals surface area contributed by atoms with E-state index in [4.69, 9.17) is 29.0 Å². The molecule has 1 fully saturated rings. The Morgan fingerprint density at radius 2 is 1.95 bits per heavy atom. The van der Waals surface area contributed by atoms with Crippen molar-refractivity contribution in [3.8, 4) is 0 Å². The summed E-state index contributed by atoms with van der Waals surface area (Å²) >= 11 is 12.0. The van der Waals surface area contributed by atoms with E-state index in [2.05, 4.69) is 19.3 Å². The summed E-state index contributed by atoms with van der Waals surface area (Å²) in [6.45, 7) is 4.70. The van der Waals surface area contributed by atoms with Gasteiger partial charge in [-0.05, 0) is 54.7 Å². The molecule has 3 N–H and O–H groups in total. The molecule has 1 aromatic rings. The zero-order chi connectivity index (χ0) is 14.7. The molecule has 1 aliphatic carbocycles. The molecule has 0 aliphatic heterocycles. The number of rotatable bonds is 4. The highest BCUT2D eigenvalue weighted by Gasteiger charge is 2.29. The van der Waals surface area contributed by atoms with Crippen LogP contribution in [0.4, 0.5) is 0 Å². The van der Waals surface area contributed by atoms with Crippen LogP contribution < -0.4 is 11.3 Å². The van der Waals surface area contributed by atoms with Gasteiger partial charge < -0.3 is 0 Å². The van der Waals surface area contributed by atoms with E-state index in [1.54, 1.807) is 0 Å². The highest BCUT2D eigenvalue weighted by atomic mass is 35.5. The SMILES string of the molecule is CC1CCC(C(Cc2ccc(Cl)c(Cl)c2)NN)CC1C. The third-order valence-electron chi connectivity index (χ3n) is 4.86. The Kier molecular flexibility index (Phi) is 5.74. The first-order valence-corrected chi connectivity index (χ1v) is 8.17. The number of nitrogens with one attached hydrogen (secondary N) is 1. The molecular formula is C16H24Cl2N2. The van der Waals surface area contributed by atoms with E-state index in [0.717, 1.165) is 18.3 Å². The van der Waals surface area contributed by atoms with E-state index in [1.807, 2.05) is 18.2 Å². The molecule has 2 rings (SSSR count). The van der Waals surface area contributed by atoms with Gasteiger partial charge in [-0.15, -0.1) is 0 Å². The first-order valence-electron chi connectivity index (χ1n) is 7.41. The Bertz CT molecular complexity index is 450. The van der Waals surface area contributed by atoms with Crippen molar-refractivity contribution in [2.24, 2.45) is 23.6 Å². The van der Waals surface area contributed by atoms with Crippen LogP contribution in [0.15, 0.2) is 18.2 Å². The lowest BCUT2D eigenvalue weighted by Gasteiger charge is -2.36. The molecule has 20 heavy (non-hydrogen) atoms. The predicted octanol–water partition coefficient (Wildman–Crippen LogP) is 4.44. The molecule has 0 saturated heterocycles. The van der Waals surface area contributed by atoms with Crippen LogP contribution in [0.3, 0.4) is 0 Å². The Labute approximate surface area is 132 Å². The van der Waals surface area contributed by atoms with E-state index in [-0.39, 0.29) is 0 Å². The number of hydrogen-bond acceptors (Lipinski definition) is 2. The van der Waals surface area contributed by atoms with Crippen molar-refractivity contribution in [3.05, 3.63) is 33.8 Å². The Hall–Kier alpha value is -0.280. The summed E-state index contributed by atoms with van der Waals surface area (Å²) in [5, 5.41) is 1.22. The maximum atomic E-state index is 6.08. The lowest BCUT2D eigenvalue weighted by molar-refractivity contribution is 0.170. The second-order valence-electron chi connectivity index (χ2n) is 6.25. The summed E-state index contributed by atoms with van der Waals surface area (Å²) in [5.74, 6) is 8.03. The highest BCUT2D eigenvalue weighted by molar-refractivity contribution is 6.42. The molecule has 0 amide bonds. The molecule has 112 valence electrons. The van der Waals surface area contributed by atoms with Gasteiger partial charge in [-0.1, -0.05) is 49.5 Å². The molecule has 4 heteroatoms. The van der Waals surface area contributed by atoms with Gasteiger partial charge in [-0.3, -0.25) is 11.3 Å². The fourth-order valence-corrected chi connectivity index (χ4v) is 3.56. The number of hydrazine groups is 1. The maximum absolute atomic E-state index is 6.08. The van der Waals surface area contributed by atoms with Gasteiger partial charge in [0.05, 0.1) is 10.0 Å². The van der Waals surface area contributed by atoms with Gasteiger partial charge in [0.1, 0.15) is 0 Å². The third-order valence-corrected chi connectivity index (χ3v) is 5.60. The average Bonchev–Trinajstić information content (AvgIpc) is 2.43. The zero-order valence-corrected chi connectivity index (χ0v) is 13.7. The molecule has 4 atom stereocenters. The van der Waals surface area contributed by atoms with Crippen LogP contribution in [-0.4, -0.2) is 6.04 Å². The van der Waals surface area contributed by atoms with E-state index in [1.165, 1.54) is 24.8 Å². The number of hydrogen-bond donors (Lipinski definition) is 2. The Balaban J connectivity index is 2.03. The number of nitrogens with two attached hydrogens (primary N) is 1. The van der Waals surface area contributed by atoms with Gasteiger partial charge in [0, 0.05) is 6.04 Å². The maximum Gasteiger partial charge on any atom is 0.0595 e. The van der Waals surface area contributed by atoms with Crippen LogP contribution in [0.25, 0.3) is 0 Å². The summed E-state index contributed by atoms with van der Waals surface area (Å²) in [4.78, 5) is 0. The van der Waals surface area contributed by atoms with Crippen LogP contribution in [0.5, 0.6) is 0 Å². The van der Waals surface area contributed by atoms with Crippen molar-refractivity contribution in [2.45, 2.75) is 45.6 Å². The van der Waals surface area contributed by atoms with Gasteiger partial charge in [0.25, 0.3) is 0 Å². The van der Waals surface area contributed by atoms with E-state index in [9.17, 15) is 0 Å². The largest absolute Gasteiger partial charge is 0.271 e. The van der Waals surface area contributed by atoms with Crippen LogP contribution in [0, 0.1) is 17.8 Å². The summed E-state index contributed by atoms with van der Waals surface area (Å²) in [6, 6.07) is 6.15. The summed E-state index contributed by atoms with van der Waals surface area (Å²) in [5.41, 5.74) is 4.20. The first kappa shape index (κ1) is 16.1. The second-order valence-corrected chi connectivity index (χ2v) is 7.07. The first-order chi connectivity index (χ1) is 9.51. The normalized spacial score (nSPS) is 28.4. The molecular weight excluding hydrogens is 291 g/mol. The fourth-order valence-electron chi connectivity index (χ4n) is 3.24. The fraction of sp³-hybridized carbons (Fsp3) is 0.625. The zero-order valence-electron chi connectivity index (χ0n) is 12.2. The van der Waals surface area contributed by atoms with Crippen molar-refractivity contribution in [1.29, 1.82) is 0 Å². The lowest BCUT2D eigenvalue weighted by atomic mass is 9.72. The summed E-state index contributed by atoms with van der Waals surface area (Å²) < 4.78 is 0. The van der Waals surface area contributed by atoms with Crippen molar-refractivity contribution in [3.63, 3.8) is 0 Å². The minimum atomic E-state index is 0.308. The Morgan fingerprint density at radius 3 is 2.55 bits per heavy atom. The molecule has 0 spiro atoms. The standard InChI is InChI=1S/C16H24Cl2N2/c1-10-3-5-13(7-11(10)2)16(20-19)9-12-4-6-14(17)15(18)8-12/h4,6,8,10-11,13,16,20H,3,5,7,9,19H2,1-2H3. The monoisotopic (exact) mass is 314 g/mol. The smallest absolute Gasteiger partial charge is 0.0595 e. The van der Waals surface area contributed by atoms with Crippen molar-refractivity contribution < 1.29 is 0 Å². The lowest BCUT2D eigenvalue weighted by Crippen LogP contribution is -2.44. The minimum absolute atomic E-state index is 0.308. The topological polar surface area (TPSA) is 38.0 Å². The van der Waals surface area contributed by atoms with Gasteiger partial charge in [0.15, 0.2) is 0 Å². The van der Waals surface area contributed by atoms with Gasteiger partial charge >= 0.3 is 0 Å². The van der Waals surface area contributed by atoms with Crippen molar-refractivity contribution >= 4 is 23.2 Å². The van der Waals surface area contributed by atoms with Gasteiger partial charge in [-0.2, -0.15) is 0 Å². The molecule has 1 aliphatic rings. The van der Waals surface area contributed by atoms with Crippen LogP contribution in [0.2, 0.25) is 10.0 Å². The highest BCUT2D eigenvalue weighted by Crippen LogP contribution is 2.36. The van der Waals surface area contributed by atoms with E-state index in [0.29, 0.717) is 22.0 Å². The van der Waals surface area contributed by atoms with Crippen LogP contribution >= 0.6 is 23.2 Å². The van der Waals surface area contributed by atoms with Crippen LogP contribution in [0.1, 0.15) is 38.7 Å². The summed E-state index contributed by atoms with van der Waals surface area (Å²) in [7, 11) is 0. The molecule has 2 nitrogen and oxygen atoms in total. The average molecular weight is 315 g/mol. The van der Waals surface area contributed by atoms with E-state index >= 15 is 0 Å².